The van der Waals surface area contributed by atoms with Crippen LogP contribution < -0.4 is 5.73 Å². The number of carboxylic acid groups (broad SMARTS) is 1. The first-order chi connectivity index (χ1) is 17.3. The van der Waals surface area contributed by atoms with E-state index < -0.39 is 11.9 Å². The monoisotopic (exact) mass is 603 g/mol. The van der Waals surface area contributed by atoms with Crippen LogP contribution in [0, 0.1) is 0 Å². The number of benzene rings is 4. The number of carbonyl (C=O) groups is 2. The molecule has 0 saturated heterocycles. The van der Waals surface area contributed by atoms with Crippen LogP contribution in [-0.4, -0.2) is 36.9 Å². The van der Waals surface area contributed by atoms with Gasteiger partial charge in [-0.1, -0.05) is 44.0 Å². The molecule has 0 saturated carbocycles. The van der Waals surface area contributed by atoms with Crippen molar-refractivity contribution in [3.05, 3.63) is 92.9 Å². The van der Waals surface area contributed by atoms with Gasteiger partial charge in [0.1, 0.15) is 11.0 Å². The highest BCUT2D eigenvalue weighted by Crippen LogP contribution is 2.23. The summed E-state index contributed by atoms with van der Waals surface area (Å²) in [5.41, 5.74) is 11.0. The van der Waals surface area contributed by atoms with Crippen LogP contribution in [0.1, 0.15) is 20.7 Å². The van der Waals surface area contributed by atoms with Gasteiger partial charge in [-0.25, -0.2) is 24.7 Å². The lowest BCUT2D eigenvalue weighted by Gasteiger charge is -2.04. The van der Waals surface area contributed by atoms with Crippen molar-refractivity contribution in [1.29, 1.82) is 0 Å². The molecule has 0 spiro atoms. The predicted octanol–water partition coefficient (Wildman–Crippen LogP) is 5.89. The first-order valence-electron chi connectivity index (χ1n) is 10.6. The predicted molar refractivity (Wildman–Crippen MR) is 145 cm³/mol. The fourth-order valence-electron chi connectivity index (χ4n) is 3.71. The SMILES string of the molecule is NC(=O)c1cccc2nc3cc(Br)ccc3nc12.O=C(O)c1cccc2nc3cc(Br)ccc3nc12. The zero-order chi connectivity index (χ0) is 25.4. The number of hydrogen-bond acceptors (Lipinski definition) is 6. The minimum absolute atomic E-state index is 0.171. The highest BCUT2D eigenvalue weighted by molar-refractivity contribution is 9.10. The van der Waals surface area contributed by atoms with Crippen LogP contribution in [0.2, 0.25) is 0 Å². The van der Waals surface area contributed by atoms with E-state index in [4.69, 9.17) is 10.8 Å². The molecule has 0 atom stereocenters. The van der Waals surface area contributed by atoms with Crippen molar-refractivity contribution in [2.24, 2.45) is 5.73 Å². The molecule has 0 aliphatic carbocycles. The van der Waals surface area contributed by atoms with Gasteiger partial charge < -0.3 is 10.8 Å². The fraction of sp³-hybridized carbons (Fsp3) is 0. The molecule has 0 bridgehead atoms. The summed E-state index contributed by atoms with van der Waals surface area (Å²) in [6.45, 7) is 0. The molecule has 2 aromatic heterocycles. The Bertz CT molecular complexity index is 1710. The Morgan fingerprint density at radius 1 is 0.611 bits per heavy atom. The van der Waals surface area contributed by atoms with Gasteiger partial charge in [-0.2, -0.15) is 0 Å². The van der Waals surface area contributed by atoms with Gasteiger partial charge >= 0.3 is 5.97 Å². The van der Waals surface area contributed by atoms with Crippen LogP contribution in [0.3, 0.4) is 0 Å². The number of nitrogens with two attached hydrogens (primary N) is 1. The second kappa shape index (κ2) is 9.56. The molecule has 0 aliphatic rings. The summed E-state index contributed by atoms with van der Waals surface area (Å²) in [7, 11) is 0. The van der Waals surface area contributed by atoms with Gasteiger partial charge in [0, 0.05) is 8.95 Å². The van der Waals surface area contributed by atoms with Crippen molar-refractivity contribution in [1.82, 2.24) is 19.9 Å². The number of halogens is 2. The number of aromatic carboxylic acids is 1. The van der Waals surface area contributed by atoms with Crippen molar-refractivity contribution >= 4 is 87.9 Å². The van der Waals surface area contributed by atoms with E-state index in [0.29, 0.717) is 33.1 Å². The third kappa shape index (κ3) is 4.60. The fourth-order valence-corrected chi connectivity index (χ4v) is 4.41. The Hall–Kier alpha value is -4.02. The van der Waals surface area contributed by atoms with Crippen LogP contribution in [0.4, 0.5) is 0 Å². The number of carboxylic acids is 1. The Morgan fingerprint density at radius 3 is 1.56 bits per heavy atom. The van der Waals surface area contributed by atoms with Crippen molar-refractivity contribution in [3.63, 3.8) is 0 Å². The molecule has 3 N–H and O–H groups in total. The number of primary amides is 1. The summed E-state index contributed by atoms with van der Waals surface area (Å²) >= 11 is 6.76. The second-order valence-corrected chi connectivity index (χ2v) is 9.56. The summed E-state index contributed by atoms with van der Waals surface area (Å²) < 4.78 is 1.85. The van der Waals surface area contributed by atoms with Crippen LogP contribution in [0.25, 0.3) is 44.1 Å². The van der Waals surface area contributed by atoms with Crippen molar-refractivity contribution in [2.45, 2.75) is 0 Å². The molecule has 10 heteroatoms. The number of carbonyl (C=O) groups excluding carboxylic acids is 1. The molecular weight excluding hydrogens is 590 g/mol. The molecule has 36 heavy (non-hydrogen) atoms. The number of rotatable bonds is 2. The number of para-hydroxylation sites is 2. The van der Waals surface area contributed by atoms with E-state index in [1.807, 2.05) is 42.5 Å². The van der Waals surface area contributed by atoms with E-state index >= 15 is 0 Å². The molecule has 4 aromatic carbocycles. The van der Waals surface area contributed by atoms with Crippen LogP contribution in [-0.2, 0) is 0 Å². The number of amides is 1. The van der Waals surface area contributed by atoms with Gasteiger partial charge in [-0.3, -0.25) is 4.79 Å². The molecule has 0 fully saturated rings. The minimum Gasteiger partial charge on any atom is -0.478 e. The van der Waals surface area contributed by atoms with Crippen LogP contribution in [0.15, 0.2) is 81.7 Å². The van der Waals surface area contributed by atoms with Gasteiger partial charge in [-0.15, -0.1) is 0 Å². The van der Waals surface area contributed by atoms with Gasteiger partial charge in [0.15, 0.2) is 0 Å². The third-order valence-corrected chi connectivity index (χ3v) is 6.33. The third-order valence-electron chi connectivity index (χ3n) is 5.35. The maximum absolute atomic E-state index is 11.4. The average Bonchev–Trinajstić information content (AvgIpc) is 2.85. The molecule has 8 nitrogen and oxygen atoms in total. The van der Waals surface area contributed by atoms with Crippen molar-refractivity contribution < 1.29 is 14.7 Å². The summed E-state index contributed by atoms with van der Waals surface area (Å²) in [5, 5.41) is 9.12. The summed E-state index contributed by atoms with van der Waals surface area (Å²) in [4.78, 5) is 40.2. The molecular formula is C26H15Br2N5O3. The topological polar surface area (TPSA) is 132 Å². The molecule has 0 unspecified atom stereocenters. The molecule has 0 aliphatic heterocycles. The second-order valence-electron chi connectivity index (χ2n) is 7.73. The Labute approximate surface area is 220 Å². The van der Waals surface area contributed by atoms with Crippen molar-refractivity contribution in [3.8, 4) is 0 Å². The molecule has 0 radical (unpaired) electrons. The molecule has 1 amide bonds. The van der Waals surface area contributed by atoms with Crippen LogP contribution >= 0.6 is 31.9 Å². The van der Waals surface area contributed by atoms with Gasteiger partial charge in [-0.05, 0) is 60.7 Å². The van der Waals surface area contributed by atoms with E-state index in [1.165, 1.54) is 6.07 Å². The Balaban J connectivity index is 0.000000148. The lowest BCUT2D eigenvalue weighted by molar-refractivity contribution is 0.0698. The number of hydrogen-bond donors (Lipinski definition) is 2. The number of fused-ring (bicyclic) bond motifs is 4. The largest absolute Gasteiger partial charge is 0.478 e. The van der Waals surface area contributed by atoms with E-state index in [9.17, 15) is 9.59 Å². The standard InChI is InChI=1S/C13H8BrN3O.C13H7BrN2O2/c14-7-4-5-9-11(6-7)16-10-3-1-2-8(13(15)18)12(10)17-9;14-7-4-5-9-11(6-7)15-10-3-1-2-8(13(17)18)12(10)16-9/h1-6H,(H2,15,18);1-6H,(H,17,18). The maximum Gasteiger partial charge on any atom is 0.337 e. The number of nitrogens with zero attached hydrogens (tertiary/aromatic N) is 4. The Kier molecular flexibility index (Phi) is 6.29. The highest BCUT2D eigenvalue weighted by Gasteiger charge is 2.12. The Morgan fingerprint density at radius 2 is 1.08 bits per heavy atom. The average molecular weight is 605 g/mol. The van der Waals surface area contributed by atoms with Gasteiger partial charge in [0.25, 0.3) is 5.91 Å². The zero-order valence-electron chi connectivity index (χ0n) is 18.3. The first kappa shape index (κ1) is 23.7. The van der Waals surface area contributed by atoms with Crippen LogP contribution in [0.5, 0.6) is 0 Å². The van der Waals surface area contributed by atoms with Crippen molar-refractivity contribution in [2.75, 3.05) is 0 Å². The summed E-state index contributed by atoms with van der Waals surface area (Å²) in [6, 6.07) is 21.3. The quantitative estimate of drug-likeness (QED) is 0.236. The van der Waals surface area contributed by atoms with Gasteiger partial charge in [0.05, 0.1) is 44.2 Å². The smallest absolute Gasteiger partial charge is 0.337 e. The first-order valence-corrected chi connectivity index (χ1v) is 12.1. The normalized spacial score (nSPS) is 10.9. The van der Waals surface area contributed by atoms with E-state index in [0.717, 1.165) is 25.5 Å². The lowest BCUT2D eigenvalue weighted by Crippen LogP contribution is -2.12. The van der Waals surface area contributed by atoms with E-state index in [1.54, 1.807) is 24.3 Å². The van der Waals surface area contributed by atoms with E-state index in [2.05, 4.69) is 51.8 Å². The molecule has 176 valence electrons. The zero-order valence-corrected chi connectivity index (χ0v) is 21.5. The lowest BCUT2D eigenvalue weighted by atomic mass is 10.1. The molecule has 2 heterocycles. The summed E-state index contributed by atoms with van der Waals surface area (Å²) in [5.74, 6) is -1.49. The highest BCUT2D eigenvalue weighted by atomic mass is 79.9. The van der Waals surface area contributed by atoms with E-state index in [-0.39, 0.29) is 5.56 Å². The maximum atomic E-state index is 11.4. The molecule has 6 aromatic rings. The van der Waals surface area contributed by atoms with Gasteiger partial charge in [0.2, 0.25) is 0 Å². The molecule has 6 rings (SSSR count). The minimum atomic E-state index is -0.994. The number of aromatic nitrogens is 4. The summed E-state index contributed by atoms with van der Waals surface area (Å²) in [6.07, 6.45) is 0.